The number of carbonyl (C=O) groups excluding carboxylic acids is 1. The second kappa shape index (κ2) is 9.77. The number of amides is 1. The van der Waals surface area contributed by atoms with Crippen molar-refractivity contribution in [2.45, 2.75) is 19.4 Å². The van der Waals surface area contributed by atoms with E-state index < -0.39 is 0 Å². The van der Waals surface area contributed by atoms with E-state index in [9.17, 15) is 4.79 Å². The van der Waals surface area contributed by atoms with Gasteiger partial charge >= 0.3 is 0 Å². The first-order chi connectivity index (χ1) is 9.75. The van der Waals surface area contributed by atoms with E-state index in [2.05, 4.69) is 5.32 Å². The molecule has 1 aliphatic rings. The van der Waals surface area contributed by atoms with Gasteiger partial charge in [-0.3, -0.25) is 4.79 Å². The molecule has 5 heteroatoms. The average molecular weight is 313 g/mol. The van der Waals surface area contributed by atoms with Crippen molar-refractivity contribution < 1.29 is 9.53 Å². The molecule has 0 unspecified atom stereocenters. The van der Waals surface area contributed by atoms with Gasteiger partial charge in [-0.25, -0.2) is 0 Å². The molecule has 1 N–H and O–H groups in total. The summed E-state index contributed by atoms with van der Waals surface area (Å²) in [5.41, 5.74) is 1.16. The molecule has 1 aliphatic carbocycles. The van der Waals surface area contributed by atoms with Crippen LogP contribution in [-0.4, -0.2) is 44.1 Å². The lowest BCUT2D eigenvalue weighted by Gasteiger charge is -2.17. The van der Waals surface area contributed by atoms with E-state index in [1.54, 1.807) is 4.90 Å². The first kappa shape index (κ1) is 18.0. The van der Waals surface area contributed by atoms with Crippen LogP contribution in [0.15, 0.2) is 30.3 Å². The Hall–Kier alpha value is -1.10. The number of nitrogens with zero attached hydrogens (tertiary/aromatic N) is 1. The van der Waals surface area contributed by atoms with Gasteiger partial charge in [0.05, 0.1) is 19.8 Å². The zero-order valence-electron chi connectivity index (χ0n) is 12.6. The van der Waals surface area contributed by atoms with Gasteiger partial charge in [-0.2, -0.15) is 0 Å². The second-order valence-electron chi connectivity index (χ2n) is 5.43. The Morgan fingerprint density at radius 2 is 2.05 bits per heavy atom. The topological polar surface area (TPSA) is 41.6 Å². The molecule has 1 aromatic rings. The minimum atomic E-state index is 0. The molecule has 0 spiro atoms. The quantitative estimate of drug-likeness (QED) is 0.710. The van der Waals surface area contributed by atoms with E-state index in [1.165, 1.54) is 12.8 Å². The summed E-state index contributed by atoms with van der Waals surface area (Å²) in [6.07, 6.45) is 2.62. The molecule has 1 saturated carbocycles. The summed E-state index contributed by atoms with van der Waals surface area (Å²) in [4.78, 5) is 13.5. The number of rotatable bonds is 9. The number of likely N-dealkylation sites (N-methyl/N-ethyl adjacent to an activating group) is 1. The summed E-state index contributed by atoms with van der Waals surface area (Å²) in [5, 5.41) is 3.21. The van der Waals surface area contributed by atoms with Gasteiger partial charge in [0, 0.05) is 13.6 Å². The van der Waals surface area contributed by atoms with Crippen molar-refractivity contribution >= 4 is 18.3 Å². The fourth-order valence-electron chi connectivity index (χ4n) is 1.93. The van der Waals surface area contributed by atoms with Gasteiger partial charge in [0.1, 0.15) is 0 Å². The van der Waals surface area contributed by atoms with E-state index >= 15 is 0 Å². The van der Waals surface area contributed by atoms with E-state index in [0.717, 1.165) is 18.0 Å². The highest BCUT2D eigenvalue weighted by Crippen LogP contribution is 2.27. The Labute approximate surface area is 133 Å². The molecular formula is C16H25ClN2O2. The average Bonchev–Trinajstić information content (AvgIpc) is 3.28. The fraction of sp³-hybridized carbons (Fsp3) is 0.562. The van der Waals surface area contributed by atoms with Crippen molar-refractivity contribution in [3.05, 3.63) is 35.9 Å². The van der Waals surface area contributed by atoms with Crippen LogP contribution in [0.3, 0.4) is 0 Å². The molecule has 118 valence electrons. The van der Waals surface area contributed by atoms with Crippen molar-refractivity contribution in [1.82, 2.24) is 10.2 Å². The molecule has 0 aromatic heterocycles. The molecule has 0 saturated heterocycles. The predicted octanol–water partition coefficient (Wildman–Crippen LogP) is 2.08. The van der Waals surface area contributed by atoms with Gasteiger partial charge in [-0.15, -0.1) is 12.4 Å². The number of ether oxygens (including phenoxy) is 1. The van der Waals surface area contributed by atoms with Gasteiger partial charge < -0.3 is 15.0 Å². The van der Waals surface area contributed by atoms with E-state index in [0.29, 0.717) is 26.3 Å². The maximum Gasteiger partial charge on any atom is 0.236 e. The first-order valence-electron chi connectivity index (χ1n) is 7.32. The van der Waals surface area contributed by atoms with Crippen molar-refractivity contribution in [3.63, 3.8) is 0 Å². The third kappa shape index (κ3) is 7.46. The predicted molar refractivity (Wildman–Crippen MR) is 86.6 cm³/mol. The lowest BCUT2D eigenvalue weighted by Crippen LogP contribution is -2.37. The standard InChI is InChI=1S/C16H24N2O2.ClH/c1-18(16(19)12-17-11-14-7-8-14)9-10-20-13-15-5-3-2-4-6-15;/h2-6,14,17H,7-13H2,1H3;1H. The van der Waals surface area contributed by atoms with Crippen LogP contribution in [0.2, 0.25) is 0 Å². The Balaban J connectivity index is 0.00000220. The molecule has 0 radical (unpaired) electrons. The van der Waals surface area contributed by atoms with Gasteiger partial charge in [0.2, 0.25) is 5.91 Å². The normalized spacial score (nSPS) is 13.6. The first-order valence-corrected chi connectivity index (χ1v) is 7.32. The van der Waals surface area contributed by atoms with Crippen molar-refractivity contribution in [2.75, 3.05) is 33.3 Å². The molecule has 1 aromatic carbocycles. The number of hydrogen-bond donors (Lipinski definition) is 1. The van der Waals surface area contributed by atoms with Gasteiger partial charge in [0.15, 0.2) is 0 Å². The van der Waals surface area contributed by atoms with Crippen LogP contribution in [0.25, 0.3) is 0 Å². The molecule has 21 heavy (non-hydrogen) atoms. The van der Waals surface area contributed by atoms with Gasteiger partial charge in [0.25, 0.3) is 0 Å². The van der Waals surface area contributed by atoms with E-state index in [1.807, 2.05) is 37.4 Å². The van der Waals surface area contributed by atoms with Gasteiger partial charge in [-0.1, -0.05) is 30.3 Å². The molecule has 0 atom stereocenters. The van der Waals surface area contributed by atoms with Crippen molar-refractivity contribution in [3.8, 4) is 0 Å². The number of halogens is 1. The van der Waals surface area contributed by atoms with Crippen molar-refractivity contribution in [1.29, 1.82) is 0 Å². The monoisotopic (exact) mass is 312 g/mol. The van der Waals surface area contributed by atoms with Crippen molar-refractivity contribution in [2.24, 2.45) is 5.92 Å². The third-order valence-electron chi connectivity index (χ3n) is 3.51. The van der Waals surface area contributed by atoms with Crippen LogP contribution in [-0.2, 0) is 16.1 Å². The molecule has 2 rings (SSSR count). The number of benzene rings is 1. The zero-order chi connectivity index (χ0) is 14.2. The molecular weight excluding hydrogens is 288 g/mol. The fourth-order valence-corrected chi connectivity index (χ4v) is 1.93. The summed E-state index contributed by atoms with van der Waals surface area (Å²) in [7, 11) is 1.83. The highest BCUT2D eigenvalue weighted by Gasteiger charge is 2.20. The molecule has 0 bridgehead atoms. The molecule has 1 amide bonds. The minimum absolute atomic E-state index is 0. The van der Waals surface area contributed by atoms with Crippen LogP contribution in [0.1, 0.15) is 18.4 Å². The number of nitrogens with one attached hydrogen (secondary N) is 1. The van der Waals surface area contributed by atoms with Crippen LogP contribution in [0.5, 0.6) is 0 Å². The summed E-state index contributed by atoms with van der Waals surface area (Å²) in [6.45, 7) is 3.22. The second-order valence-corrected chi connectivity index (χ2v) is 5.43. The SMILES string of the molecule is CN(CCOCc1ccccc1)C(=O)CNCC1CC1.Cl. The largest absolute Gasteiger partial charge is 0.375 e. The summed E-state index contributed by atoms with van der Waals surface area (Å²) < 4.78 is 5.58. The van der Waals surface area contributed by atoms with Crippen LogP contribution >= 0.6 is 12.4 Å². The Morgan fingerprint density at radius 1 is 1.33 bits per heavy atom. The van der Waals surface area contributed by atoms with E-state index in [-0.39, 0.29) is 18.3 Å². The van der Waals surface area contributed by atoms with Gasteiger partial charge in [-0.05, 0) is 30.9 Å². The summed E-state index contributed by atoms with van der Waals surface area (Å²) in [6, 6.07) is 10.1. The Kier molecular flexibility index (Phi) is 8.35. The van der Waals surface area contributed by atoms with Crippen LogP contribution in [0.4, 0.5) is 0 Å². The van der Waals surface area contributed by atoms with Crippen LogP contribution in [0, 0.1) is 5.92 Å². The highest BCUT2D eigenvalue weighted by molar-refractivity contribution is 5.85. The summed E-state index contributed by atoms with van der Waals surface area (Å²) >= 11 is 0. The highest BCUT2D eigenvalue weighted by atomic mass is 35.5. The smallest absolute Gasteiger partial charge is 0.236 e. The Bertz CT molecular complexity index is 410. The number of carbonyl (C=O) groups is 1. The minimum Gasteiger partial charge on any atom is -0.375 e. The molecule has 0 aliphatic heterocycles. The zero-order valence-corrected chi connectivity index (χ0v) is 13.4. The van der Waals surface area contributed by atoms with E-state index in [4.69, 9.17) is 4.74 Å². The summed E-state index contributed by atoms with van der Waals surface area (Å²) in [5.74, 6) is 0.941. The molecule has 0 heterocycles. The maximum atomic E-state index is 11.8. The molecule has 1 fully saturated rings. The van der Waals surface area contributed by atoms with Crippen LogP contribution < -0.4 is 5.32 Å². The number of hydrogen-bond acceptors (Lipinski definition) is 3. The maximum absolute atomic E-state index is 11.8. The lowest BCUT2D eigenvalue weighted by molar-refractivity contribution is -0.129. The lowest BCUT2D eigenvalue weighted by atomic mass is 10.2. The third-order valence-corrected chi connectivity index (χ3v) is 3.51. The molecule has 4 nitrogen and oxygen atoms in total. The Morgan fingerprint density at radius 3 is 2.71 bits per heavy atom.